The van der Waals surface area contributed by atoms with Crippen molar-refractivity contribution in [3.8, 4) is 0 Å². The Labute approximate surface area is 92.0 Å². The molecule has 0 saturated carbocycles. The third-order valence-corrected chi connectivity index (χ3v) is 3.35. The van der Waals surface area contributed by atoms with Gasteiger partial charge in [-0.05, 0) is 12.1 Å². The van der Waals surface area contributed by atoms with Gasteiger partial charge in [-0.2, -0.15) is 8.42 Å². The number of rotatable bonds is 1. The van der Waals surface area contributed by atoms with E-state index in [1.807, 2.05) is 0 Å². The van der Waals surface area contributed by atoms with Crippen LogP contribution < -0.4 is 0 Å². The lowest BCUT2D eigenvalue weighted by Gasteiger charge is -2.04. The molecule has 0 spiro atoms. The first kappa shape index (κ1) is 10.4. The maximum Gasteiger partial charge on any atom is 0.295 e. The molecule has 2 rings (SSSR count). The molecule has 1 N–H and O–H groups in total. The van der Waals surface area contributed by atoms with Gasteiger partial charge in [0.25, 0.3) is 10.1 Å². The molecule has 0 radical (unpaired) electrons. The van der Waals surface area contributed by atoms with Gasteiger partial charge in [0.05, 0.1) is 0 Å². The molecular weight excluding hydrogens is 236 g/mol. The predicted molar refractivity (Wildman–Crippen MR) is 58.8 cm³/mol. The quantitative estimate of drug-likeness (QED) is 0.783. The van der Waals surface area contributed by atoms with Gasteiger partial charge in [-0.3, -0.25) is 4.55 Å². The van der Waals surface area contributed by atoms with Crippen LogP contribution >= 0.6 is 11.6 Å². The molecule has 78 valence electrons. The Kier molecular flexibility index (Phi) is 2.42. The molecule has 0 aliphatic carbocycles. The summed E-state index contributed by atoms with van der Waals surface area (Å²) < 4.78 is 31.1. The molecule has 0 amide bonds. The van der Waals surface area contributed by atoms with Crippen LogP contribution in [0.15, 0.2) is 41.3 Å². The zero-order chi connectivity index (χ0) is 11.1. The molecule has 0 aliphatic heterocycles. The van der Waals surface area contributed by atoms with Crippen molar-refractivity contribution in [2.45, 2.75) is 4.90 Å². The monoisotopic (exact) mass is 242 g/mol. The fourth-order valence-electron chi connectivity index (χ4n) is 1.46. The Hall–Kier alpha value is -1.10. The van der Waals surface area contributed by atoms with Crippen LogP contribution in [0.4, 0.5) is 0 Å². The van der Waals surface area contributed by atoms with Crippen molar-refractivity contribution in [1.82, 2.24) is 0 Å². The predicted octanol–water partition coefficient (Wildman–Crippen LogP) is 2.74. The van der Waals surface area contributed by atoms with Crippen LogP contribution in [-0.2, 0) is 10.1 Å². The van der Waals surface area contributed by atoms with Gasteiger partial charge < -0.3 is 0 Å². The van der Waals surface area contributed by atoms with Crippen LogP contribution in [0.3, 0.4) is 0 Å². The first-order valence-corrected chi connectivity index (χ1v) is 5.97. The molecule has 2 aromatic rings. The smallest absolute Gasteiger partial charge is 0.282 e. The minimum Gasteiger partial charge on any atom is -0.282 e. The summed E-state index contributed by atoms with van der Waals surface area (Å²) in [5.41, 5.74) is 0. The van der Waals surface area contributed by atoms with Gasteiger partial charge in [-0.1, -0.05) is 35.9 Å². The van der Waals surface area contributed by atoms with Gasteiger partial charge in [-0.15, -0.1) is 0 Å². The second-order valence-electron chi connectivity index (χ2n) is 3.07. The Morgan fingerprint density at radius 1 is 1.00 bits per heavy atom. The van der Waals surface area contributed by atoms with Crippen molar-refractivity contribution in [3.63, 3.8) is 0 Å². The van der Waals surface area contributed by atoms with E-state index in [0.29, 0.717) is 15.8 Å². The van der Waals surface area contributed by atoms with Crippen LogP contribution in [0.5, 0.6) is 0 Å². The minimum atomic E-state index is -4.20. The van der Waals surface area contributed by atoms with Gasteiger partial charge >= 0.3 is 0 Å². The van der Waals surface area contributed by atoms with Crippen molar-refractivity contribution in [2.24, 2.45) is 0 Å². The van der Waals surface area contributed by atoms with E-state index in [-0.39, 0.29) is 4.90 Å². The van der Waals surface area contributed by atoms with Gasteiger partial charge in [0.15, 0.2) is 0 Å². The largest absolute Gasteiger partial charge is 0.295 e. The van der Waals surface area contributed by atoms with Gasteiger partial charge in [0.2, 0.25) is 0 Å². The SMILES string of the molecule is O=S(=O)(O)c1ccc(Cl)c2ccccc12. The second-order valence-corrected chi connectivity index (χ2v) is 4.86. The zero-order valence-corrected chi connectivity index (χ0v) is 9.09. The van der Waals surface area contributed by atoms with Crippen LogP contribution in [-0.4, -0.2) is 13.0 Å². The summed E-state index contributed by atoms with van der Waals surface area (Å²) in [6.45, 7) is 0. The van der Waals surface area contributed by atoms with E-state index in [4.69, 9.17) is 16.2 Å². The molecule has 0 saturated heterocycles. The zero-order valence-electron chi connectivity index (χ0n) is 7.51. The maximum absolute atomic E-state index is 11.1. The summed E-state index contributed by atoms with van der Waals surface area (Å²) in [6.07, 6.45) is 0. The number of hydrogen-bond donors (Lipinski definition) is 1. The first-order valence-electron chi connectivity index (χ1n) is 4.15. The third kappa shape index (κ3) is 1.84. The molecule has 0 heterocycles. The summed E-state index contributed by atoms with van der Waals surface area (Å²) in [7, 11) is -4.20. The fourth-order valence-corrected chi connectivity index (χ4v) is 2.38. The lowest BCUT2D eigenvalue weighted by Crippen LogP contribution is -1.98. The molecule has 0 atom stereocenters. The van der Waals surface area contributed by atoms with Crippen molar-refractivity contribution >= 4 is 32.5 Å². The van der Waals surface area contributed by atoms with Crippen molar-refractivity contribution in [1.29, 1.82) is 0 Å². The summed E-state index contributed by atoms with van der Waals surface area (Å²) in [5, 5.41) is 1.49. The lowest BCUT2D eigenvalue weighted by molar-refractivity contribution is 0.484. The molecule has 0 unspecified atom stereocenters. The Morgan fingerprint density at radius 2 is 1.60 bits per heavy atom. The minimum absolute atomic E-state index is 0.123. The maximum atomic E-state index is 11.1. The normalized spacial score (nSPS) is 11.9. The molecule has 5 heteroatoms. The van der Waals surface area contributed by atoms with E-state index in [0.717, 1.165) is 0 Å². The topological polar surface area (TPSA) is 54.4 Å². The highest BCUT2D eigenvalue weighted by Gasteiger charge is 2.14. The Bertz CT molecular complexity index is 620. The van der Waals surface area contributed by atoms with Crippen LogP contribution in [0.1, 0.15) is 0 Å². The summed E-state index contributed by atoms with van der Waals surface area (Å²) >= 11 is 5.90. The standard InChI is InChI=1S/C10H7ClO3S/c11-9-5-6-10(15(12,13)14)8-4-2-1-3-7(8)9/h1-6H,(H,12,13,14). The van der Waals surface area contributed by atoms with E-state index < -0.39 is 10.1 Å². The number of hydrogen-bond acceptors (Lipinski definition) is 2. The summed E-state index contributed by atoms with van der Waals surface area (Å²) in [5.74, 6) is 0. The molecule has 0 aliphatic rings. The molecule has 0 aromatic heterocycles. The highest BCUT2D eigenvalue weighted by molar-refractivity contribution is 7.86. The molecule has 0 bridgehead atoms. The average Bonchev–Trinajstić information content (AvgIpc) is 2.17. The third-order valence-electron chi connectivity index (χ3n) is 2.11. The summed E-state index contributed by atoms with van der Waals surface area (Å²) in [4.78, 5) is -0.123. The highest BCUT2D eigenvalue weighted by atomic mass is 35.5. The lowest BCUT2D eigenvalue weighted by atomic mass is 10.1. The summed E-state index contributed by atoms with van der Waals surface area (Å²) in [6, 6.07) is 9.49. The molecule has 15 heavy (non-hydrogen) atoms. The Balaban J connectivity index is 2.96. The average molecular weight is 243 g/mol. The van der Waals surface area contributed by atoms with E-state index >= 15 is 0 Å². The number of halogens is 1. The van der Waals surface area contributed by atoms with Crippen molar-refractivity contribution in [3.05, 3.63) is 41.4 Å². The Morgan fingerprint density at radius 3 is 2.20 bits per heavy atom. The van der Waals surface area contributed by atoms with Crippen molar-refractivity contribution in [2.75, 3.05) is 0 Å². The van der Waals surface area contributed by atoms with Gasteiger partial charge in [0, 0.05) is 15.8 Å². The van der Waals surface area contributed by atoms with E-state index in [1.165, 1.54) is 12.1 Å². The number of fused-ring (bicyclic) bond motifs is 1. The second kappa shape index (κ2) is 3.48. The molecule has 2 aromatic carbocycles. The fraction of sp³-hybridized carbons (Fsp3) is 0. The van der Waals surface area contributed by atoms with Crippen LogP contribution in [0.25, 0.3) is 10.8 Å². The first-order chi connectivity index (χ1) is 7.00. The number of benzene rings is 2. The van der Waals surface area contributed by atoms with E-state index in [2.05, 4.69) is 0 Å². The van der Waals surface area contributed by atoms with Crippen molar-refractivity contribution < 1.29 is 13.0 Å². The molecular formula is C10H7ClO3S. The van der Waals surface area contributed by atoms with E-state index in [9.17, 15) is 8.42 Å². The van der Waals surface area contributed by atoms with E-state index in [1.54, 1.807) is 24.3 Å². The van der Waals surface area contributed by atoms with Crippen LogP contribution in [0.2, 0.25) is 5.02 Å². The highest BCUT2D eigenvalue weighted by Crippen LogP contribution is 2.28. The molecule has 3 nitrogen and oxygen atoms in total. The van der Waals surface area contributed by atoms with Gasteiger partial charge in [-0.25, -0.2) is 0 Å². The molecule has 0 fully saturated rings. The van der Waals surface area contributed by atoms with Gasteiger partial charge in [0.1, 0.15) is 4.90 Å². The van der Waals surface area contributed by atoms with Crippen LogP contribution in [0, 0.1) is 0 Å².